The van der Waals surface area contributed by atoms with Crippen molar-refractivity contribution in [2.75, 3.05) is 0 Å². The highest BCUT2D eigenvalue weighted by Gasteiger charge is 2.08. The quantitative estimate of drug-likeness (QED) is 0.508. The summed E-state index contributed by atoms with van der Waals surface area (Å²) >= 11 is 7.33. The molecule has 2 aromatic rings. The lowest BCUT2D eigenvalue weighted by Gasteiger charge is -2.07. The molecule has 86 valence electrons. The molecule has 0 radical (unpaired) electrons. The third-order valence-electron chi connectivity index (χ3n) is 2.00. The lowest BCUT2D eigenvalue weighted by Crippen LogP contribution is -2.12. The molecule has 2 rings (SSSR count). The van der Waals surface area contributed by atoms with Gasteiger partial charge in [-0.2, -0.15) is 0 Å². The van der Waals surface area contributed by atoms with Crippen molar-refractivity contribution in [2.24, 2.45) is 5.73 Å². The molecule has 0 saturated carbocycles. The van der Waals surface area contributed by atoms with Crippen LogP contribution in [0.5, 0.6) is 0 Å². The Hall–Kier alpha value is -1.59. The third kappa shape index (κ3) is 2.95. The molecule has 0 bridgehead atoms. The molecule has 0 aliphatic rings. The highest BCUT2D eigenvalue weighted by Crippen LogP contribution is 2.30. The summed E-state index contributed by atoms with van der Waals surface area (Å²) in [5.41, 5.74) is 6.16. The predicted molar refractivity (Wildman–Crippen MR) is 68.6 cm³/mol. The molecule has 1 aromatic heterocycles. The van der Waals surface area contributed by atoms with E-state index in [4.69, 9.17) is 22.7 Å². The zero-order valence-corrected chi connectivity index (χ0v) is 10.3. The normalized spacial score (nSPS) is 10.2. The van der Waals surface area contributed by atoms with Gasteiger partial charge in [-0.15, -0.1) is 0 Å². The second-order valence-electron chi connectivity index (χ2n) is 3.20. The van der Waals surface area contributed by atoms with E-state index < -0.39 is 0 Å². The molecule has 1 heterocycles. The molecule has 6 heteroatoms. The van der Waals surface area contributed by atoms with Crippen LogP contribution in [-0.2, 0) is 0 Å². The number of amidine groups is 1. The van der Waals surface area contributed by atoms with Gasteiger partial charge in [-0.05, 0) is 24.3 Å². The molecule has 0 aliphatic carbocycles. The Labute approximate surface area is 108 Å². The summed E-state index contributed by atoms with van der Waals surface area (Å²) in [4.78, 5) is 8.76. The number of halogens is 1. The second-order valence-corrected chi connectivity index (χ2v) is 4.70. The minimum atomic E-state index is 0.0122. The van der Waals surface area contributed by atoms with Crippen molar-refractivity contribution < 1.29 is 0 Å². The average molecular weight is 265 g/mol. The van der Waals surface area contributed by atoms with Gasteiger partial charge in [-0.25, -0.2) is 9.97 Å². The standard InChI is InChI=1S/C11H9ClN4S/c12-7-1-2-8(11(13)14)9(5-7)17-10-3-4-15-6-16-10/h1-6H,(H3,13,14). The molecule has 0 spiro atoms. The number of aromatic nitrogens is 2. The first kappa shape index (κ1) is 11.9. The van der Waals surface area contributed by atoms with Crippen molar-refractivity contribution >= 4 is 29.2 Å². The van der Waals surface area contributed by atoms with Crippen LogP contribution in [0.1, 0.15) is 5.56 Å². The molecule has 0 aliphatic heterocycles. The summed E-state index contributed by atoms with van der Waals surface area (Å²) in [5, 5.41) is 8.89. The zero-order valence-electron chi connectivity index (χ0n) is 8.72. The molecular formula is C11H9ClN4S. The number of nitrogens with one attached hydrogen (secondary N) is 1. The van der Waals surface area contributed by atoms with E-state index in [1.54, 1.807) is 30.5 Å². The summed E-state index contributed by atoms with van der Waals surface area (Å²) in [6, 6.07) is 7.00. The SMILES string of the molecule is N=C(N)c1ccc(Cl)cc1Sc1ccncn1. The van der Waals surface area contributed by atoms with Crippen molar-refractivity contribution in [3.05, 3.63) is 47.4 Å². The van der Waals surface area contributed by atoms with Crippen molar-refractivity contribution in [3.8, 4) is 0 Å². The van der Waals surface area contributed by atoms with E-state index in [1.807, 2.05) is 0 Å². The van der Waals surface area contributed by atoms with Gasteiger partial charge in [-0.1, -0.05) is 23.4 Å². The minimum absolute atomic E-state index is 0.0122. The highest BCUT2D eigenvalue weighted by molar-refractivity contribution is 7.99. The second kappa shape index (κ2) is 5.16. The van der Waals surface area contributed by atoms with Crippen LogP contribution in [0.25, 0.3) is 0 Å². The predicted octanol–water partition coefficient (Wildman–Crippen LogP) is 2.57. The first-order valence-electron chi connectivity index (χ1n) is 4.74. The summed E-state index contributed by atoms with van der Waals surface area (Å²) in [5.74, 6) is 0.0122. The summed E-state index contributed by atoms with van der Waals surface area (Å²) < 4.78 is 0. The fourth-order valence-electron chi connectivity index (χ4n) is 1.25. The van der Waals surface area contributed by atoms with Crippen molar-refractivity contribution in [1.29, 1.82) is 5.41 Å². The van der Waals surface area contributed by atoms with Crippen LogP contribution in [0, 0.1) is 5.41 Å². The molecule has 17 heavy (non-hydrogen) atoms. The Morgan fingerprint density at radius 3 is 2.82 bits per heavy atom. The number of rotatable bonds is 3. The molecule has 0 atom stereocenters. The number of nitrogens with zero attached hydrogens (tertiary/aromatic N) is 2. The molecule has 3 N–H and O–H groups in total. The Morgan fingerprint density at radius 2 is 2.18 bits per heavy atom. The fraction of sp³-hybridized carbons (Fsp3) is 0. The maximum absolute atomic E-state index is 7.50. The largest absolute Gasteiger partial charge is 0.384 e. The number of nitrogens with two attached hydrogens (primary N) is 1. The first-order chi connectivity index (χ1) is 8.16. The van der Waals surface area contributed by atoms with E-state index in [2.05, 4.69) is 9.97 Å². The summed E-state index contributed by atoms with van der Waals surface area (Å²) in [7, 11) is 0. The van der Waals surface area contributed by atoms with E-state index in [9.17, 15) is 0 Å². The highest BCUT2D eigenvalue weighted by atomic mass is 35.5. The van der Waals surface area contributed by atoms with Crippen LogP contribution in [0.15, 0.2) is 46.7 Å². The van der Waals surface area contributed by atoms with Gasteiger partial charge in [0.05, 0.1) is 0 Å². The number of nitrogen functional groups attached to an aromatic ring is 1. The topological polar surface area (TPSA) is 75.7 Å². The van der Waals surface area contributed by atoms with Crippen molar-refractivity contribution in [3.63, 3.8) is 0 Å². The van der Waals surface area contributed by atoms with Crippen LogP contribution < -0.4 is 5.73 Å². The molecular weight excluding hydrogens is 256 g/mol. The first-order valence-corrected chi connectivity index (χ1v) is 5.94. The molecule has 0 saturated heterocycles. The van der Waals surface area contributed by atoms with Crippen molar-refractivity contribution in [1.82, 2.24) is 9.97 Å². The van der Waals surface area contributed by atoms with Gasteiger partial charge >= 0.3 is 0 Å². The van der Waals surface area contributed by atoms with Crippen LogP contribution in [0.2, 0.25) is 5.02 Å². The van der Waals surface area contributed by atoms with Crippen LogP contribution in [0.3, 0.4) is 0 Å². The minimum Gasteiger partial charge on any atom is -0.384 e. The van der Waals surface area contributed by atoms with Crippen LogP contribution >= 0.6 is 23.4 Å². The Kier molecular flexibility index (Phi) is 3.61. The van der Waals surface area contributed by atoms with E-state index in [0.29, 0.717) is 10.6 Å². The zero-order chi connectivity index (χ0) is 12.3. The fourth-order valence-corrected chi connectivity index (χ4v) is 2.42. The average Bonchev–Trinajstić information content (AvgIpc) is 2.30. The van der Waals surface area contributed by atoms with Gasteiger partial charge in [0.15, 0.2) is 0 Å². The van der Waals surface area contributed by atoms with E-state index >= 15 is 0 Å². The summed E-state index contributed by atoms with van der Waals surface area (Å²) in [6.45, 7) is 0. The smallest absolute Gasteiger partial charge is 0.123 e. The van der Waals surface area contributed by atoms with Gasteiger partial charge in [0.25, 0.3) is 0 Å². The molecule has 0 unspecified atom stereocenters. The molecule has 1 aromatic carbocycles. The van der Waals surface area contributed by atoms with Crippen LogP contribution in [-0.4, -0.2) is 15.8 Å². The Bertz CT molecular complexity index is 544. The molecule has 4 nitrogen and oxygen atoms in total. The van der Waals surface area contributed by atoms with E-state index in [-0.39, 0.29) is 5.84 Å². The van der Waals surface area contributed by atoms with Gasteiger partial charge in [0, 0.05) is 21.7 Å². The van der Waals surface area contributed by atoms with Crippen LogP contribution in [0.4, 0.5) is 0 Å². The molecule has 0 fully saturated rings. The maximum Gasteiger partial charge on any atom is 0.123 e. The third-order valence-corrected chi connectivity index (χ3v) is 3.25. The summed E-state index contributed by atoms with van der Waals surface area (Å²) in [6.07, 6.45) is 3.13. The van der Waals surface area contributed by atoms with Crippen molar-refractivity contribution in [2.45, 2.75) is 9.92 Å². The monoisotopic (exact) mass is 264 g/mol. The van der Waals surface area contributed by atoms with E-state index in [0.717, 1.165) is 9.92 Å². The Morgan fingerprint density at radius 1 is 1.35 bits per heavy atom. The number of benzene rings is 1. The van der Waals surface area contributed by atoms with Gasteiger partial charge < -0.3 is 5.73 Å². The molecule has 0 amide bonds. The Balaban J connectivity index is 2.37. The lowest BCUT2D eigenvalue weighted by molar-refractivity contribution is 1.05. The number of hydrogen-bond acceptors (Lipinski definition) is 4. The van der Waals surface area contributed by atoms with Gasteiger partial charge in [0.1, 0.15) is 17.2 Å². The van der Waals surface area contributed by atoms with Gasteiger partial charge in [-0.3, -0.25) is 5.41 Å². The van der Waals surface area contributed by atoms with E-state index in [1.165, 1.54) is 18.1 Å². The van der Waals surface area contributed by atoms with Gasteiger partial charge in [0.2, 0.25) is 0 Å². The maximum atomic E-state index is 7.50. The number of hydrogen-bond donors (Lipinski definition) is 2. The lowest BCUT2D eigenvalue weighted by atomic mass is 10.2.